The Morgan fingerprint density at radius 2 is 1.19 bits per heavy atom. The zero-order valence-corrected chi connectivity index (χ0v) is 29.4. The minimum absolute atomic E-state index is 0. The molecule has 0 radical (unpaired) electrons. The van der Waals surface area contributed by atoms with Crippen molar-refractivity contribution in [1.29, 1.82) is 0 Å². The molecule has 0 aromatic heterocycles. The number of ether oxygens (including phenoxy) is 1. The standard InChI is InChI=1S/C22H28N2.C15H24O3.Ni/c1-7-10-20(24-22-17(4)13-9-14-18(22)5)19(6)23-21-15(2)11-8-12-16(21)3;1-14(2,3)9-8-10(18-7)11(15(4,5)6)13(17)12(9)16;/h8-9,11-14H,7,10H2,1-6H3;8,16-17H,1-7H3;/q;;+2/p-2. The predicted molar refractivity (Wildman–Crippen MR) is 176 cm³/mol. The zero-order chi connectivity index (χ0) is 32.0. The van der Waals surface area contributed by atoms with E-state index in [1.165, 1.54) is 29.4 Å². The van der Waals surface area contributed by atoms with Crippen LogP contribution in [0.2, 0.25) is 0 Å². The largest absolute Gasteiger partial charge is 2.00 e. The molecule has 0 heterocycles. The second-order valence-electron chi connectivity index (χ2n) is 13.1. The van der Waals surface area contributed by atoms with E-state index in [-0.39, 0.29) is 21.9 Å². The molecule has 0 unspecified atom stereocenters. The first-order valence-corrected chi connectivity index (χ1v) is 14.8. The van der Waals surface area contributed by atoms with Gasteiger partial charge in [-0.2, -0.15) is 0 Å². The Bertz CT molecular complexity index is 1420. The van der Waals surface area contributed by atoms with Crippen molar-refractivity contribution in [2.75, 3.05) is 7.11 Å². The Hall–Kier alpha value is -3.11. The Kier molecular flexibility index (Phi) is 13.7. The molecule has 0 aliphatic carbocycles. The summed E-state index contributed by atoms with van der Waals surface area (Å²) in [5.41, 5.74) is 9.28. The average Bonchev–Trinajstić information content (AvgIpc) is 2.88. The van der Waals surface area contributed by atoms with Gasteiger partial charge in [0, 0.05) is 0 Å². The van der Waals surface area contributed by atoms with Crippen LogP contribution in [0.4, 0.5) is 11.4 Å². The summed E-state index contributed by atoms with van der Waals surface area (Å²) in [5.74, 6) is -0.336. The van der Waals surface area contributed by atoms with Crippen LogP contribution in [-0.2, 0) is 27.3 Å². The van der Waals surface area contributed by atoms with Gasteiger partial charge in [0.1, 0.15) is 5.75 Å². The number of aryl methyl sites for hydroxylation is 4. The van der Waals surface area contributed by atoms with Crippen molar-refractivity contribution in [3.05, 3.63) is 75.8 Å². The molecule has 0 saturated heterocycles. The van der Waals surface area contributed by atoms with E-state index in [1.54, 1.807) is 6.07 Å². The molecule has 6 heteroatoms. The fourth-order valence-corrected chi connectivity index (χ4v) is 4.93. The second-order valence-corrected chi connectivity index (χ2v) is 13.1. The molecular formula is C37H50N2NiO3. The van der Waals surface area contributed by atoms with Gasteiger partial charge in [0.15, 0.2) is 0 Å². The number of aliphatic imine (C=N–C) groups is 2. The quantitative estimate of drug-likeness (QED) is 0.202. The molecule has 3 rings (SSSR count). The maximum absolute atomic E-state index is 12.3. The van der Waals surface area contributed by atoms with Crippen molar-refractivity contribution in [1.82, 2.24) is 0 Å². The van der Waals surface area contributed by atoms with Gasteiger partial charge >= 0.3 is 16.5 Å². The van der Waals surface area contributed by atoms with Crippen molar-refractivity contribution in [2.45, 2.75) is 107 Å². The predicted octanol–water partition coefficient (Wildman–Crippen LogP) is 9.02. The van der Waals surface area contributed by atoms with Crippen LogP contribution in [0.1, 0.15) is 102 Å². The van der Waals surface area contributed by atoms with Crippen molar-refractivity contribution in [3.63, 3.8) is 0 Å². The van der Waals surface area contributed by atoms with E-state index in [9.17, 15) is 10.2 Å². The summed E-state index contributed by atoms with van der Waals surface area (Å²) >= 11 is 0. The van der Waals surface area contributed by atoms with E-state index in [0.29, 0.717) is 16.9 Å². The van der Waals surface area contributed by atoms with Crippen molar-refractivity contribution in [2.24, 2.45) is 9.98 Å². The molecule has 0 atom stereocenters. The molecule has 0 aliphatic heterocycles. The summed E-state index contributed by atoms with van der Waals surface area (Å²) in [6.45, 7) is 24.2. The summed E-state index contributed by atoms with van der Waals surface area (Å²) in [5, 5.41) is 24.5. The summed E-state index contributed by atoms with van der Waals surface area (Å²) < 4.78 is 5.30. The Labute approximate surface area is 270 Å². The number of hydrogen-bond donors (Lipinski definition) is 0. The molecule has 0 aliphatic rings. The summed E-state index contributed by atoms with van der Waals surface area (Å²) in [4.78, 5) is 9.91. The van der Waals surface area contributed by atoms with E-state index < -0.39 is 16.9 Å². The topological polar surface area (TPSA) is 80.1 Å². The summed E-state index contributed by atoms with van der Waals surface area (Å²) in [7, 11) is 1.53. The van der Waals surface area contributed by atoms with E-state index in [0.717, 1.165) is 35.6 Å². The van der Waals surface area contributed by atoms with Crippen LogP contribution in [0, 0.1) is 27.7 Å². The Morgan fingerprint density at radius 3 is 1.56 bits per heavy atom. The third kappa shape index (κ3) is 9.70. The number of benzene rings is 3. The fourth-order valence-electron chi connectivity index (χ4n) is 4.93. The minimum atomic E-state index is -0.438. The van der Waals surface area contributed by atoms with Gasteiger partial charge in [-0.1, -0.05) is 91.3 Å². The van der Waals surface area contributed by atoms with E-state index in [1.807, 2.05) is 41.5 Å². The first kappa shape index (κ1) is 37.9. The SMILES string of the molecule is CCCC(=Nc1c(C)cccc1C)C(C)=Nc1c(C)cccc1C.COc1cc(C(C)(C)C)c([O-])c([O-])c1C(C)(C)C.[Ni+2]. The van der Waals surface area contributed by atoms with Crippen molar-refractivity contribution in [3.8, 4) is 17.2 Å². The molecule has 5 nitrogen and oxygen atoms in total. The molecule has 0 fully saturated rings. The normalized spacial score (nSPS) is 12.3. The molecule has 0 spiro atoms. The van der Waals surface area contributed by atoms with Gasteiger partial charge in [0.2, 0.25) is 0 Å². The third-order valence-corrected chi connectivity index (χ3v) is 7.29. The Balaban J connectivity index is 0.000000438. The number of hydrogen-bond acceptors (Lipinski definition) is 5. The van der Waals surface area contributed by atoms with Crippen LogP contribution in [0.15, 0.2) is 52.4 Å². The number of methoxy groups -OCH3 is 1. The molecule has 0 saturated carbocycles. The van der Waals surface area contributed by atoms with Crippen LogP contribution < -0.4 is 14.9 Å². The minimum Gasteiger partial charge on any atom is -0.873 e. The molecule has 3 aromatic carbocycles. The van der Waals surface area contributed by atoms with Gasteiger partial charge in [-0.05, 0) is 91.3 Å². The number of para-hydroxylation sites is 2. The first-order valence-electron chi connectivity index (χ1n) is 14.8. The van der Waals surface area contributed by atoms with Gasteiger partial charge < -0.3 is 14.9 Å². The number of nitrogens with zero attached hydrogens (tertiary/aromatic N) is 2. The second kappa shape index (κ2) is 15.6. The van der Waals surface area contributed by atoms with Gasteiger partial charge in [-0.3, -0.25) is 9.98 Å². The summed E-state index contributed by atoms with van der Waals surface area (Å²) in [6.07, 6.45) is 2.00. The maximum atomic E-state index is 12.3. The maximum Gasteiger partial charge on any atom is 2.00 e. The molecule has 0 bridgehead atoms. The molecule has 43 heavy (non-hydrogen) atoms. The van der Waals surface area contributed by atoms with E-state index >= 15 is 0 Å². The van der Waals surface area contributed by atoms with Crippen molar-refractivity contribution >= 4 is 22.8 Å². The molecule has 0 N–H and O–H groups in total. The van der Waals surface area contributed by atoms with Crippen LogP contribution >= 0.6 is 0 Å². The molecule has 0 amide bonds. The van der Waals surface area contributed by atoms with Crippen LogP contribution in [0.5, 0.6) is 17.2 Å². The van der Waals surface area contributed by atoms with Crippen molar-refractivity contribution < 1.29 is 31.4 Å². The third-order valence-electron chi connectivity index (χ3n) is 7.29. The fraction of sp³-hybridized carbons (Fsp3) is 0.459. The van der Waals surface area contributed by atoms with Crippen LogP contribution in [0.25, 0.3) is 0 Å². The Morgan fingerprint density at radius 1 is 0.744 bits per heavy atom. The van der Waals surface area contributed by atoms with Crippen LogP contribution in [-0.4, -0.2) is 18.5 Å². The monoisotopic (exact) mass is 628 g/mol. The van der Waals surface area contributed by atoms with Gasteiger partial charge in [0.25, 0.3) is 0 Å². The zero-order valence-electron chi connectivity index (χ0n) is 28.4. The van der Waals surface area contributed by atoms with Crippen LogP contribution in [0.3, 0.4) is 0 Å². The van der Waals surface area contributed by atoms with Gasteiger partial charge in [0.05, 0.1) is 29.9 Å². The number of rotatable bonds is 6. The smallest absolute Gasteiger partial charge is 0.873 e. The van der Waals surface area contributed by atoms with Gasteiger partial charge in [-0.15, -0.1) is 11.5 Å². The molecule has 3 aromatic rings. The summed E-state index contributed by atoms with van der Waals surface area (Å²) in [6, 6.07) is 14.3. The van der Waals surface area contributed by atoms with E-state index in [2.05, 4.69) is 77.9 Å². The molecule has 236 valence electrons. The van der Waals surface area contributed by atoms with Gasteiger partial charge in [-0.25, -0.2) is 0 Å². The molecular weight excluding hydrogens is 579 g/mol. The first-order chi connectivity index (χ1) is 19.4. The van der Waals surface area contributed by atoms with E-state index in [4.69, 9.17) is 14.7 Å². The average molecular weight is 630 g/mol.